The number of hydrogen-bond donors (Lipinski definition) is 0. The Bertz CT molecular complexity index is 338. The topological polar surface area (TPSA) is 0 Å². The van der Waals surface area contributed by atoms with Gasteiger partial charge in [-0.15, -0.1) is 0 Å². The lowest BCUT2D eigenvalue weighted by Crippen LogP contribution is -2.03. The molecule has 2 rings (SSSR count). The highest BCUT2D eigenvalue weighted by atomic mass is 79.9. The fraction of sp³-hybridized carbons (Fsp3) is 0.455. The van der Waals surface area contributed by atoms with Gasteiger partial charge in [-0.3, -0.25) is 0 Å². The van der Waals surface area contributed by atoms with Crippen LogP contribution in [0.25, 0.3) is 0 Å². The molecule has 1 aliphatic rings. The average Bonchev–Trinajstić information content (AvgIpc) is 2.57. The van der Waals surface area contributed by atoms with Crippen molar-refractivity contribution < 1.29 is 0 Å². The van der Waals surface area contributed by atoms with Gasteiger partial charge in [-0.25, -0.2) is 0 Å². The molecule has 0 nitrogen and oxygen atoms in total. The van der Waals surface area contributed by atoms with Crippen molar-refractivity contribution in [2.24, 2.45) is 0 Å². The first-order valence-corrected chi connectivity index (χ1v) is 6.44. The molecule has 0 heterocycles. The SMILES string of the molecule is Clc1ccc(C2CCCC2Br)cc1Cl. The van der Waals surface area contributed by atoms with E-state index in [0.29, 0.717) is 20.8 Å². The second-order valence-corrected chi connectivity index (χ2v) is 5.72. The van der Waals surface area contributed by atoms with E-state index in [4.69, 9.17) is 23.2 Å². The molecule has 1 saturated carbocycles. The molecule has 3 heteroatoms. The molecule has 1 fully saturated rings. The molecule has 14 heavy (non-hydrogen) atoms. The van der Waals surface area contributed by atoms with Crippen molar-refractivity contribution in [2.75, 3.05) is 0 Å². The van der Waals surface area contributed by atoms with E-state index in [2.05, 4.69) is 22.0 Å². The van der Waals surface area contributed by atoms with Crippen LogP contribution in [0.2, 0.25) is 10.0 Å². The van der Waals surface area contributed by atoms with Crippen LogP contribution in [-0.2, 0) is 0 Å². The van der Waals surface area contributed by atoms with Gasteiger partial charge in [0, 0.05) is 4.83 Å². The van der Waals surface area contributed by atoms with Crippen molar-refractivity contribution in [3.63, 3.8) is 0 Å². The minimum atomic E-state index is 0.597. The van der Waals surface area contributed by atoms with Gasteiger partial charge in [0.25, 0.3) is 0 Å². The fourth-order valence-corrected chi connectivity index (χ4v) is 3.23. The van der Waals surface area contributed by atoms with Gasteiger partial charge >= 0.3 is 0 Å². The molecule has 0 aromatic heterocycles. The Morgan fingerprint density at radius 3 is 2.50 bits per heavy atom. The second kappa shape index (κ2) is 4.42. The summed E-state index contributed by atoms with van der Waals surface area (Å²) in [7, 11) is 0. The van der Waals surface area contributed by atoms with Gasteiger partial charge in [0.1, 0.15) is 0 Å². The monoisotopic (exact) mass is 292 g/mol. The molecule has 0 aliphatic heterocycles. The summed E-state index contributed by atoms with van der Waals surface area (Å²) in [5, 5.41) is 1.30. The molecule has 0 spiro atoms. The van der Waals surface area contributed by atoms with Gasteiger partial charge in [0.05, 0.1) is 10.0 Å². The van der Waals surface area contributed by atoms with E-state index in [1.54, 1.807) is 0 Å². The van der Waals surface area contributed by atoms with Crippen LogP contribution in [0.15, 0.2) is 18.2 Å². The maximum atomic E-state index is 5.99. The Balaban J connectivity index is 2.28. The quantitative estimate of drug-likeness (QED) is 0.638. The van der Waals surface area contributed by atoms with E-state index in [-0.39, 0.29) is 0 Å². The number of hydrogen-bond acceptors (Lipinski definition) is 0. The highest BCUT2D eigenvalue weighted by Crippen LogP contribution is 2.40. The van der Waals surface area contributed by atoms with Gasteiger partial charge < -0.3 is 0 Å². The first-order valence-electron chi connectivity index (χ1n) is 4.77. The molecule has 0 saturated heterocycles. The zero-order valence-electron chi connectivity index (χ0n) is 7.64. The molecule has 0 amide bonds. The van der Waals surface area contributed by atoms with Crippen molar-refractivity contribution >= 4 is 39.1 Å². The summed E-state index contributed by atoms with van der Waals surface area (Å²) in [6.07, 6.45) is 3.79. The third kappa shape index (κ3) is 2.10. The molecule has 76 valence electrons. The summed E-state index contributed by atoms with van der Waals surface area (Å²) in [6, 6.07) is 5.96. The average molecular weight is 294 g/mol. The van der Waals surface area contributed by atoms with Crippen LogP contribution in [-0.4, -0.2) is 4.83 Å². The minimum absolute atomic E-state index is 0.597. The summed E-state index contributed by atoms with van der Waals surface area (Å²) in [4.78, 5) is 0.597. The normalized spacial score (nSPS) is 26.8. The van der Waals surface area contributed by atoms with Crippen molar-refractivity contribution in [1.29, 1.82) is 0 Å². The zero-order valence-corrected chi connectivity index (χ0v) is 10.7. The minimum Gasteiger partial charge on any atom is -0.0884 e. The van der Waals surface area contributed by atoms with Crippen molar-refractivity contribution in [1.82, 2.24) is 0 Å². The Kier molecular flexibility index (Phi) is 3.41. The van der Waals surface area contributed by atoms with E-state index < -0.39 is 0 Å². The standard InChI is InChI=1S/C11H11BrCl2/c12-9-3-1-2-8(9)7-4-5-10(13)11(14)6-7/h4-6,8-9H,1-3H2. The van der Waals surface area contributed by atoms with Crippen LogP contribution in [0.3, 0.4) is 0 Å². The maximum absolute atomic E-state index is 5.99. The van der Waals surface area contributed by atoms with Crippen LogP contribution in [0.5, 0.6) is 0 Å². The Morgan fingerprint density at radius 2 is 1.93 bits per heavy atom. The highest BCUT2D eigenvalue weighted by Gasteiger charge is 2.26. The van der Waals surface area contributed by atoms with Crippen LogP contribution >= 0.6 is 39.1 Å². The third-order valence-corrected chi connectivity index (χ3v) is 4.64. The van der Waals surface area contributed by atoms with Crippen molar-refractivity contribution in [3.05, 3.63) is 33.8 Å². The van der Waals surface area contributed by atoms with Gasteiger partial charge in [-0.1, -0.05) is 51.6 Å². The lowest BCUT2D eigenvalue weighted by atomic mass is 9.98. The van der Waals surface area contributed by atoms with E-state index in [1.807, 2.05) is 12.1 Å². The van der Waals surface area contributed by atoms with E-state index in [0.717, 1.165) is 0 Å². The van der Waals surface area contributed by atoms with Gasteiger partial charge in [-0.2, -0.15) is 0 Å². The predicted molar refractivity (Wildman–Crippen MR) is 65.8 cm³/mol. The third-order valence-electron chi connectivity index (χ3n) is 2.80. The molecule has 0 bridgehead atoms. The van der Waals surface area contributed by atoms with Crippen LogP contribution in [0.1, 0.15) is 30.7 Å². The molecular weight excluding hydrogens is 283 g/mol. The number of benzene rings is 1. The molecule has 2 atom stereocenters. The zero-order chi connectivity index (χ0) is 10.1. The van der Waals surface area contributed by atoms with Crippen LogP contribution in [0.4, 0.5) is 0 Å². The number of rotatable bonds is 1. The van der Waals surface area contributed by atoms with Gasteiger partial charge in [0.15, 0.2) is 0 Å². The van der Waals surface area contributed by atoms with Crippen molar-refractivity contribution in [2.45, 2.75) is 30.0 Å². The number of alkyl halides is 1. The summed E-state index contributed by atoms with van der Waals surface area (Å²) < 4.78 is 0. The largest absolute Gasteiger partial charge is 0.0884 e. The van der Waals surface area contributed by atoms with E-state index in [1.165, 1.54) is 24.8 Å². The van der Waals surface area contributed by atoms with E-state index >= 15 is 0 Å². The smallest absolute Gasteiger partial charge is 0.0595 e. The Labute approximate surface area is 103 Å². The van der Waals surface area contributed by atoms with Crippen LogP contribution < -0.4 is 0 Å². The molecule has 1 aromatic carbocycles. The van der Waals surface area contributed by atoms with Gasteiger partial charge in [0.2, 0.25) is 0 Å². The maximum Gasteiger partial charge on any atom is 0.0595 e. The Morgan fingerprint density at radius 1 is 1.14 bits per heavy atom. The van der Waals surface area contributed by atoms with Crippen molar-refractivity contribution in [3.8, 4) is 0 Å². The molecule has 2 unspecified atom stereocenters. The summed E-state index contributed by atoms with van der Waals surface area (Å²) in [5.41, 5.74) is 1.30. The van der Waals surface area contributed by atoms with E-state index in [9.17, 15) is 0 Å². The Hall–Kier alpha value is 0.280. The molecule has 0 N–H and O–H groups in total. The summed E-state index contributed by atoms with van der Waals surface area (Å²) in [5.74, 6) is 0.602. The second-order valence-electron chi connectivity index (χ2n) is 3.73. The molecule has 1 aliphatic carbocycles. The molecular formula is C11H11BrCl2. The fourth-order valence-electron chi connectivity index (χ4n) is 2.03. The number of halogens is 3. The highest BCUT2D eigenvalue weighted by molar-refractivity contribution is 9.09. The van der Waals surface area contributed by atoms with Crippen LogP contribution in [0, 0.1) is 0 Å². The first-order chi connectivity index (χ1) is 6.68. The summed E-state index contributed by atoms with van der Waals surface area (Å²) >= 11 is 15.6. The lowest BCUT2D eigenvalue weighted by Gasteiger charge is -2.14. The van der Waals surface area contributed by atoms with Gasteiger partial charge in [-0.05, 0) is 36.5 Å². The molecule has 1 aromatic rings. The summed E-state index contributed by atoms with van der Waals surface area (Å²) in [6.45, 7) is 0. The lowest BCUT2D eigenvalue weighted by molar-refractivity contribution is 0.743. The molecule has 0 radical (unpaired) electrons. The first kappa shape index (κ1) is 10.8. The predicted octanol–water partition coefficient (Wildman–Crippen LogP) is 5.02.